The van der Waals surface area contributed by atoms with Gasteiger partial charge in [0, 0.05) is 11.6 Å². The van der Waals surface area contributed by atoms with Gasteiger partial charge in [0.25, 0.3) is 0 Å². The Morgan fingerprint density at radius 3 is 2.62 bits per heavy atom. The number of hydrogen-bond acceptors (Lipinski definition) is 1. The first kappa shape index (κ1) is 11.2. The summed E-state index contributed by atoms with van der Waals surface area (Å²) in [5.41, 5.74) is 3.69. The normalized spacial score (nSPS) is 10.4. The fourth-order valence-corrected chi connectivity index (χ4v) is 1.99. The monoisotopic (exact) mass is 231 g/mol. The molecular weight excluding hydrogens is 218 g/mol. The van der Waals surface area contributed by atoms with E-state index in [4.69, 9.17) is 11.6 Å². The zero-order valence-electron chi connectivity index (χ0n) is 9.20. The van der Waals surface area contributed by atoms with Crippen LogP contribution in [0.2, 0.25) is 5.02 Å². The summed E-state index contributed by atoms with van der Waals surface area (Å²) in [5.74, 6) is 0. The van der Waals surface area contributed by atoms with Gasteiger partial charge in [-0.1, -0.05) is 48.0 Å². The van der Waals surface area contributed by atoms with E-state index in [0.717, 1.165) is 11.6 Å². The molecule has 1 N–H and O–H groups in total. The van der Waals surface area contributed by atoms with Crippen molar-refractivity contribution in [3.63, 3.8) is 0 Å². The summed E-state index contributed by atoms with van der Waals surface area (Å²) >= 11 is 6.01. The maximum Gasteiger partial charge on any atom is 0.0412 e. The summed E-state index contributed by atoms with van der Waals surface area (Å²) in [6.07, 6.45) is 0. The van der Waals surface area contributed by atoms with Crippen molar-refractivity contribution < 1.29 is 0 Å². The minimum Gasteiger partial charge on any atom is -0.316 e. The zero-order valence-corrected chi connectivity index (χ0v) is 9.96. The van der Waals surface area contributed by atoms with E-state index >= 15 is 0 Å². The zero-order chi connectivity index (χ0) is 11.4. The van der Waals surface area contributed by atoms with E-state index < -0.39 is 0 Å². The van der Waals surface area contributed by atoms with Crippen molar-refractivity contribution in [1.82, 2.24) is 5.32 Å². The van der Waals surface area contributed by atoms with Crippen LogP contribution in [0.1, 0.15) is 5.56 Å². The van der Waals surface area contributed by atoms with Crippen molar-refractivity contribution in [2.45, 2.75) is 6.54 Å². The molecular formula is C14H14ClN. The molecule has 2 aromatic rings. The van der Waals surface area contributed by atoms with Crippen LogP contribution in [0, 0.1) is 0 Å². The molecule has 0 atom stereocenters. The summed E-state index contributed by atoms with van der Waals surface area (Å²) in [6.45, 7) is 0.864. The van der Waals surface area contributed by atoms with Gasteiger partial charge in [-0.05, 0) is 35.9 Å². The predicted molar refractivity (Wildman–Crippen MR) is 69.7 cm³/mol. The molecule has 0 radical (unpaired) electrons. The number of halogens is 1. The standard InChI is InChI=1S/C14H14ClN/c1-16-10-12-5-2-3-8-14(12)11-6-4-7-13(15)9-11/h2-9,16H,10H2,1H3. The highest BCUT2D eigenvalue weighted by molar-refractivity contribution is 6.30. The van der Waals surface area contributed by atoms with Crippen LogP contribution in [0.25, 0.3) is 11.1 Å². The quantitative estimate of drug-likeness (QED) is 0.849. The van der Waals surface area contributed by atoms with Gasteiger partial charge in [-0.2, -0.15) is 0 Å². The minimum atomic E-state index is 0.775. The molecule has 0 amide bonds. The molecule has 0 heterocycles. The lowest BCUT2D eigenvalue weighted by Gasteiger charge is -2.09. The van der Waals surface area contributed by atoms with Gasteiger partial charge in [0.05, 0.1) is 0 Å². The van der Waals surface area contributed by atoms with Crippen LogP contribution >= 0.6 is 11.6 Å². The van der Waals surface area contributed by atoms with E-state index in [9.17, 15) is 0 Å². The van der Waals surface area contributed by atoms with Crippen molar-refractivity contribution >= 4 is 11.6 Å². The van der Waals surface area contributed by atoms with Crippen molar-refractivity contribution in [3.05, 3.63) is 59.1 Å². The summed E-state index contributed by atoms with van der Waals surface area (Å²) in [7, 11) is 1.95. The smallest absolute Gasteiger partial charge is 0.0412 e. The maximum absolute atomic E-state index is 6.01. The molecule has 2 rings (SSSR count). The highest BCUT2D eigenvalue weighted by Gasteiger charge is 2.03. The van der Waals surface area contributed by atoms with E-state index in [1.807, 2.05) is 25.2 Å². The molecule has 0 unspecified atom stereocenters. The van der Waals surface area contributed by atoms with Gasteiger partial charge in [0.2, 0.25) is 0 Å². The lowest BCUT2D eigenvalue weighted by molar-refractivity contribution is 0.819. The Balaban J connectivity index is 2.46. The molecule has 0 spiro atoms. The highest BCUT2D eigenvalue weighted by atomic mass is 35.5. The Morgan fingerprint density at radius 1 is 1.06 bits per heavy atom. The third-order valence-electron chi connectivity index (χ3n) is 2.52. The van der Waals surface area contributed by atoms with Crippen molar-refractivity contribution in [2.24, 2.45) is 0 Å². The second-order valence-electron chi connectivity index (χ2n) is 3.70. The van der Waals surface area contributed by atoms with Gasteiger partial charge >= 0.3 is 0 Å². The van der Waals surface area contributed by atoms with Gasteiger partial charge < -0.3 is 5.32 Å². The molecule has 0 aliphatic rings. The van der Waals surface area contributed by atoms with Gasteiger partial charge in [0.15, 0.2) is 0 Å². The van der Waals surface area contributed by atoms with Crippen LogP contribution < -0.4 is 5.32 Å². The molecule has 0 aromatic heterocycles. The first-order valence-electron chi connectivity index (χ1n) is 5.29. The third-order valence-corrected chi connectivity index (χ3v) is 2.76. The summed E-state index contributed by atoms with van der Waals surface area (Å²) in [4.78, 5) is 0. The van der Waals surface area contributed by atoms with Crippen LogP contribution in [0.5, 0.6) is 0 Å². The number of hydrogen-bond donors (Lipinski definition) is 1. The Hall–Kier alpha value is -1.31. The fraction of sp³-hybridized carbons (Fsp3) is 0.143. The fourth-order valence-electron chi connectivity index (χ4n) is 1.80. The first-order valence-corrected chi connectivity index (χ1v) is 5.67. The van der Waals surface area contributed by atoms with Crippen molar-refractivity contribution in [2.75, 3.05) is 7.05 Å². The number of benzene rings is 2. The second-order valence-corrected chi connectivity index (χ2v) is 4.13. The molecule has 0 aliphatic carbocycles. The van der Waals surface area contributed by atoms with E-state index in [2.05, 4.69) is 35.6 Å². The molecule has 0 bridgehead atoms. The first-order chi connectivity index (χ1) is 7.81. The summed E-state index contributed by atoms with van der Waals surface area (Å²) in [6, 6.07) is 16.3. The minimum absolute atomic E-state index is 0.775. The molecule has 2 aromatic carbocycles. The Labute approximate surface area is 101 Å². The molecule has 16 heavy (non-hydrogen) atoms. The highest BCUT2D eigenvalue weighted by Crippen LogP contribution is 2.25. The SMILES string of the molecule is CNCc1ccccc1-c1cccc(Cl)c1. The lowest BCUT2D eigenvalue weighted by atomic mass is 10.00. The summed E-state index contributed by atoms with van der Waals surface area (Å²) in [5, 5.41) is 3.95. The van der Waals surface area contributed by atoms with Gasteiger partial charge in [-0.15, -0.1) is 0 Å². The van der Waals surface area contributed by atoms with Gasteiger partial charge in [0.1, 0.15) is 0 Å². The van der Waals surface area contributed by atoms with Crippen LogP contribution in [0.4, 0.5) is 0 Å². The number of rotatable bonds is 3. The molecule has 0 aliphatic heterocycles. The van der Waals surface area contributed by atoms with Gasteiger partial charge in [-0.25, -0.2) is 0 Å². The maximum atomic E-state index is 6.01. The molecule has 0 fully saturated rings. The number of nitrogens with one attached hydrogen (secondary N) is 1. The van der Waals surface area contributed by atoms with E-state index in [-0.39, 0.29) is 0 Å². The Morgan fingerprint density at radius 2 is 1.88 bits per heavy atom. The Kier molecular flexibility index (Phi) is 3.60. The topological polar surface area (TPSA) is 12.0 Å². The third kappa shape index (κ3) is 2.43. The average Bonchev–Trinajstić information content (AvgIpc) is 2.30. The van der Waals surface area contributed by atoms with E-state index in [1.54, 1.807) is 0 Å². The van der Waals surface area contributed by atoms with Crippen molar-refractivity contribution in [3.8, 4) is 11.1 Å². The average molecular weight is 232 g/mol. The van der Waals surface area contributed by atoms with E-state index in [1.165, 1.54) is 16.7 Å². The summed E-state index contributed by atoms with van der Waals surface area (Å²) < 4.78 is 0. The van der Waals surface area contributed by atoms with Crippen LogP contribution in [-0.2, 0) is 6.54 Å². The van der Waals surface area contributed by atoms with Crippen molar-refractivity contribution in [1.29, 1.82) is 0 Å². The van der Waals surface area contributed by atoms with Crippen LogP contribution in [-0.4, -0.2) is 7.05 Å². The lowest BCUT2D eigenvalue weighted by Crippen LogP contribution is -2.06. The second kappa shape index (κ2) is 5.15. The predicted octanol–water partition coefficient (Wildman–Crippen LogP) is 3.73. The van der Waals surface area contributed by atoms with Gasteiger partial charge in [-0.3, -0.25) is 0 Å². The molecule has 0 saturated heterocycles. The molecule has 82 valence electrons. The Bertz CT molecular complexity index is 480. The largest absolute Gasteiger partial charge is 0.316 e. The van der Waals surface area contributed by atoms with Crippen LogP contribution in [0.3, 0.4) is 0 Å². The molecule has 2 heteroatoms. The van der Waals surface area contributed by atoms with Crippen LogP contribution in [0.15, 0.2) is 48.5 Å². The molecule has 1 nitrogen and oxygen atoms in total. The van der Waals surface area contributed by atoms with E-state index in [0.29, 0.717) is 0 Å². The molecule has 0 saturated carbocycles.